The lowest BCUT2D eigenvalue weighted by Gasteiger charge is -2.31. The number of hydrogen-bond acceptors (Lipinski definition) is 8. The zero-order chi connectivity index (χ0) is 21.4. The highest BCUT2D eigenvalue weighted by Crippen LogP contribution is 2.36. The maximum absolute atomic E-state index is 13.0. The molecule has 1 aliphatic heterocycles. The number of piperazine rings is 1. The molecular formula is C19H20N6O4S. The first kappa shape index (κ1) is 20.0. The van der Waals surface area contributed by atoms with Crippen LogP contribution in [0.4, 0.5) is 0 Å². The monoisotopic (exact) mass is 428 g/mol. The van der Waals surface area contributed by atoms with Gasteiger partial charge in [-0.05, 0) is 7.05 Å². The highest BCUT2D eigenvalue weighted by Gasteiger charge is 2.29. The zero-order valence-electron chi connectivity index (χ0n) is 16.5. The largest absolute Gasteiger partial charge is 0.494 e. The number of likely N-dealkylation sites (N-methyl/N-ethyl adjacent to an activating group) is 1. The van der Waals surface area contributed by atoms with E-state index in [2.05, 4.69) is 19.9 Å². The van der Waals surface area contributed by atoms with Crippen molar-refractivity contribution < 1.29 is 19.1 Å². The van der Waals surface area contributed by atoms with Gasteiger partial charge in [0.2, 0.25) is 0 Å². The Balaban J connectivity index is 1.75. The number of amides is 2. The molecule has 0 unspecified atom stereocenters. The molecule has 156 valence electrons. The van der Waals surface area contributed by atoms with Crippen LogP contribution in [0.2, 0.25) is 0 Å². The van der Waals surface area contributed by atoms with Crippen molar-refractivity contribution in [2.24, 2.45) is 5.73 Å². The SMILES string of the molecule is COc1cnc(-c2ncc(C(N)=O)s2)c2[nH]cc(C(=O)C(=O)N3CCN(C)CC3)c12. The van der Waals surface area contributed by atoms with Gasteiger partial charge in [-0.25, -0.2) is 9.97 Å². The first-order valence-corrected chi connectivity index (χ1v) is 10.0. The van der Waals surface area contributed by atoms with Gasteiger partial charge in [-0.2, -0.15) is 0 Å². The lowest BCUT2D eigenvalue weighted by Crippen LogP contribution is -2.49. The minimum absolute atomic E-state index is 0.209. The molecule has 0 saturated carbocycles. The van der Waals surface area contributed by atoms with E-state index in [1.54, 1.807) is 4.90 Å². The van der Waals surface area contributed by atoms with Gasteiger partial charge in [0.05, 0.1) is 36.0 Å². The van der Waals surface area contributed by atoms with Crippen molar-refractivity contribution in [2.45, 2.75) is 0 Å². The van der Waals surface area contributed by atoms with Crippen LogP contribution in [0.25, 0.3) is 21.6 Å². The predicted molar refractivity (Wildman–Crippen MR) is 111 cm³/mol. The number of pyridine rings is 1. The lowest BCUT2D eigenvalue weighted by atomic mass is 10.1. The molecule has 10 nitrogen and oxygen atoms in total. The van der Waals surface area contributed by atoms with Crippen LogP contribution in [0.3, 0.4) is 0 Å². The fraction of sp³-hybridized carbons (Fsp3) is 0.316. The number of nitrogens with zero attached hydrogens (tertiary/aromatic N) is 4. The Hall–Kier alpha value is -3.31. The minimum Gasteiger partial charge on any atom is -0.494 e. The van der Waals surface area contributed by atoms with E-state index in [0.717, 1.165) is 24.4 Å². The van der Waals surface area contributed by atoms with E-state index in [1.165, 1.54) is 25.7 Å². The number of methoxy groups -OCH3 is 1. The summed E-state index contributed by atoms with van der Waals surface area (Å²) in [6, 6.07) is 0. The van der Waals surface area contributed by atoms with Crippen molar-refractivity contribution in [3.63, 3.8) is 0 Å². The number of carbonyl (C=O) groups is 3. The molecule has 2 amide bonds. The molecule has 4 rings (SSSR count). The number of nitrogens with two attached hydrogens (primary N) is 1. The van der Waals surface area contributed by atoms with Gasteiger partial charge in [0.1, 0.15) is 21.3 Å². The number of aromatic amines is 1. The number of H-pyrrole nitrogens is 1. The molecular weight excluding hydrogens is 408 g/mol. The quantitative estimate of drug-likeness (QED) is 0.452. The molecule has 3 aromatic heterocycles. The standard InChI is InChI=1S/C19H20N6O4S/c1-24-3-5-25(6-4-24)19(28)16(26)10-7-21-14-13(10)11(29-2)8-22-15(14)18-23-9-12(30-18)17(20)27/h7-9,21H,3-6H2,1-2H3,(H2,20,27). The van der Waals surface area contributed by atoms with Crippen LogP contribution in [0.15, 0.2) is 18.6 Å². The normalized spacial score (nSPS) is 14.8. The Kier molecular flexibility index (Phi) is 5.22. The molecule has 0 spiro atoms. The van der Waals surface area contributed by atoms with Gasteiger partial charge in [-0.3, -0.25) is 14.4 Å². The van der Waals surface area contributed by atoms with Crippen LogP contribution < -0.4 is 10.5 Å². The molecule has 1 fully saturated rings. The van der Waals surface area contributed by atoms with Crippen molar-refractivity contribution in [3.8, 4) is 16.5 Å². The average molecular weight is 428 g/mol. The van der Waals surface area contributed by atoms with Crippen LogP contribution in [0.5, 0.6) is 5.75 Å². The molecule has 0 aliphatic carbocycles. The van der Waals surface area contributed by atoms with Gasteiger partial charge in [0.25, 0.3) is 17.6 Å². The third-order valence-corrected chi connectivity index (χ3v) is 6.09. The Morgan fingerprint density at radius 3 is 2.53 bits per heavy atom. The number of ether oxygens (including phenoxy) is 1. The van der Waals surface area contributed by atoms with Gasteiger partial charge in [-0.1, -0.05) is 0 Å². The van der Waals surface area contributed by atoms with Gasteiger partial charge in [0.15, 0.2) is 0 Å². The molecule has 11 heteroatoms. The number of Topliss-reactive ketones (excluding diaryl/α,β-unsaturated/α-hetero) is 1. The number of primary amides is 1. The highest BCUT2D eigenvalue weighted by atomic mass is 32.1. The first-order chi connectivity index (χ1) is 14.4. The smallest absolute Gasteiger partial charge is 0.295 e. The number of thiazole rings is 1. The van der Waals surface area contributed by atoms with Crippen molar-refractivity contribution in [1.82, 2.24) is 24.8 Å². The second kappa shape index (κ2) is 7.84. The van der Waals surface area contributed by atoms with Crippen molar-refractivity contribution >= 4 is 39.8 Å². The summed E-state index contributed by atoms with van der Waals surface area (Å²) in [7, 11) is 3.44. The van der Waals surface area contributed by atoms with E-state index in [9.17, 15) is 14.4 Å². The molecule has 0 bridgehead atoms. The van der Waals surface area contributed by atoms with E-state index in [4.69, 9.17) is 10.5 Å². The summed E-state index contributed by atoms with van der Waals surface area (Å²) in [5, 5.41) is 0.911. The van der Waals surface area contributed by atoms with Gasteiger partial charge < -0.3 is 25.3 Å². The Bertz CT molecular complexity index is 1150. The second-order valence-electron chi connectivity index (χ2n) is 6.95. The number of aromatic nitrogens is 3. The first-order valence-electron chi connectivity index (χ1n) is 9.23. The lowest BCUT2D eigenvalue weighted by molar-refractivity contribution is -0.127. The van der Waals surface area contributed by atoms with Crippen molar-refractivity contribution in [3.05, 3.63) is 29.0 Å². The zero-order valence-corrected chi connectivity index (χ0v) is 17.3. The number of hydrogen-bond donors (Lipinski definition) is 2. The molecule has 4 heterocycles. The van der Waals surface area contributed by atoms with Crippen LogP contribution >= 0.6 is 11.3 Å². The van der Waals surface area contributed by atoms with E-state index >= 15 is 0 Å². The minimum atomic E-state index is -0.613. The summed E-state index contributed by atoms with van der Waals surface area (Å²) in [4.78, 5) is 52.8. The summed E-state index contributed by atoms with van der Waals surface area (Å²) in [6.07, 6.45) is 4.33. The number of carbonyl (C=O) groups excluding carboxylic acids is 3. The van der Waals surface area contributed by atoms with E-state index < -0.39 is 17.6 Å². The van der Waals surface area contributed by atoms with Crippen molar-refractivity contribution in [2.75, 3.05) is 40.3 Å². The molecule has 3 N–H and O–H groups in total. The molecule has 1 aliphatic rings. The summed E-state index contributed by atoms with van der Waals surface area (Å²) >= 11 is 1.10. The molecule has 3 aromatic rings. The summed E-state index contributed by atoms with van der Waals surface area (Å²) in [6.45, 7) is 2.44. The van der Waals surface area contributed by atoms with Gasteiger partial charge in [-0.15, -0.1) is 11.3 Å². The molecule has 1 saturated heterocycles. The van der Waals surface area contributed by atoms with Gasteiger partial charge in [0, 0.05) is 32.4 Å². The summed E-state index contributed by atoms with van der Waals surface area (Å²) < 4.78 is 5.39. The maximum Gasteiger partial charge on any atom is 0.295 e. The second-order valence-corrected chi connectivity index (χ2v) is 7.98. The summed E-state index contributed by atoms with van der Waals surface area (Å²) in [5.74, 6) is -1.38. The number of fused-ring (bicyclic) bond motifs is 1. The Morgan fingerprint density at radius 2 is 1.90 bits per heavy atom. The van der Waals surface area contributed by atoms with E-state index in [1.807, 2.05) is 7.05 Å². The number of rotatable bonds is 5. The predicted octanol–water partition coefficient (Wildman–Crippen LogP) is 0.751. The van der Waals surface area contributed by atoms with Crippen LogP contribution in [-0.2, 0) is 4.79 Å². The molecule has 0 aromatic carbocycles. The van der Waals surface area contributed by atoms with E-state index in [0.29, 0.717) is 45.3 Å². The molecule has 0 radical (unpaired) electrons. The third kappa shape index (κ3) is 3.42. The Labute approximate surface area is 175 Å². The average Bonchev–Trinajstić information content (AvgIpc) is 3.40. The fourth-order valence-electron chi connectivity index (χ4n) is 3.38. The van der Waals surface area contributed by atoms with Crippen LogP contribution in [0.1, 0.15) is 20.0 Å². The third-order valence-electron chi connectivity index (χ3n) is 5.07. The number of nitrogens with one attached hydrogen (secondary N) is 1. The molecule has 30 heavy (non-hydrogen) atoms. The maximum atomic E-state index is 13.0. The molecule has 0 atom stereocenters. The highest BCUT2D eigenvalue weighted by molar-refractivity contribution is 7.16. The fourth-order valence-corrected chi connectivity index (χ4v) is 4.15. The number of ketones is 1. The topological polar surface area (TPSA) is 135 Å². The van der Waals surface area contributed by atoms with E-state index in [-0.39, 0.29) is 5.56 Å². The summed E-state index contributed by atoms with van der Waals surface area (Å²) in [5.41, 5.74) is 6.46. The van der Waals surface area contributed by atoms with Crippen molar-refractivity contribution in [1.29, 1.82) is 0 Å². The van der Waals surface area contributed by atoms with Gasteiger partial charge >= 0.3 is 0 Å². The van der Waals surface area contributed by atoms with Crippen LogP contribution in [-0.4, -0.2) is 82.7 Å². The Morgan fingerprint density at radius 1 is 1.17 bits per heavy atom. The van der Waals surface area contributed by atoms with Crippen LogP contribution in [0, 0.1) is 0 Å².